The fourth-order valence-corrected chi connectivity index (χ4v) is 1.77. The largest absolute Gasteiger partial charge is 0.384 e. The highest BCUT2D eigenvalue weighted by Crippen LogP contribution is 2.30. The summed E-state index contributed by atoms with van der Waals surface area (Å²) < 4.78 is 14.2. The van der Waals surface area contributed by atoms with Crippen LogP contribution in [0.15, 0.2) is 41.0 Å². The number of nitrogens with two attached hydrogens (primary N) is 1. The Morgan fingerprint density at radius 2 is 1.93 bits per heavy atom. The summed E-state index contributed by atoms with van der Waals surface area (Å²) in [5.41, 5.74) is 6.78. The van der Waals surface area contributed by atoms with Crippen LogP contribution in [0.5, 0.6) is 0 Å². The zero-order valence-electron chi connectivity index (χ0n) is 7.74. The third-order valence-corrected chi connectivity index (χ3v) is 2.67. The van der Waals surface area contributed by atoms with E-state index in [0.717, 1.165) is 4.47 Å². The molecule has 0 radical (unpaired) electrons. The summed E-state index contributed by atoms with van der Waals surface area (Å²) in [5.74, 6) is 0.0975. The molecule has 0 saturated carbocycles. The lowest BCUT2D eigenvalue weighted by Gasteiger charge is -2.06. The number of hydrogen-bond donors (Lipinski definition) is 1. The first kappa shape index (κ1) is 10.1. The van der Waals surface area contributed by atoms with E-state index in [2.05, 4.69) is 20.9 Å². The van der Waals surface area contributed by atoms with Crippen molar-refractivity contribution < 1.29 is 4.39 Å². The maximum Gasteiger partial charge on any atom is 0.131 e. The van der Waals surface area contributed by atoms with Gasteiger partial charge in [0.05, 0.1) is 0 Å². The maximum absolute atomic E-state index is 13.5. The molecule has 1 aromatic heterocycles. The molecule has 0 bridgehead atoms. The first-order chi connectivity index (χ1) is 7.18. The Bertz CT molecular complexity index is 500. The second-order valence-electron chi connectivity index (χ2n) is 3.07. The van der Waals surface area contributed by atoms with Crippen molar-refractivity contribution in [2.45, 2.75) is 0 Å². The maximum atomic E-state index is 13.5. The van der Waals surface area contributed by atoms with Gasteiger partial charge in [0.15, 0.2) is 0 Å². The van der Waals surface area contributed by atoms with Crippen LogP contribution in [0.4, 0.5) is 10.2 Å². The van der Waals surface area contributed by atoms with E-state index in [0.29, 0.717) is 16.9 Å². The normalized spacial score (nSPS) is 10.3. The molecule has 0 aliphatic carbocycles. The Balaban J connectivity index is 2.64. The van der Waals surface area contributed by atoms with Gasteiger partial charge in [-0.25, -0.2) is 9.37 Å². The van der Waals surface area contributed by atoms with Gasteiger partial charge in [-0.3, -0.25) is 0 Å². The third kappa shape index (κ3) is 1.99. The van der Waals surface area contributed by atoms with Crippen LogP contribution in [0.3, 0.4) is 0 Å². The van der Waals surface area contributed by atoms with Crippen LogP contribution in [0, 0.1) is 5.82 Å². The van der Waals surface area contributed by atoms with Crippen molar-refractivity contribution in [1.82, 2.24) is 4.98 Å². The van der Waals surface area contributed by atoms with E-state index >= 15 is 0 Å². The highest BCUT2D eigenvalue weighted by Gasteiger charge is 2.08. The average Bonchev–Trinajstić information content (AvgIpc) is 2.23. The Morgan fingerprint density at radius 1 is 1.20 bits per heavy atom. The predicted molar refractivity (Wildman–Crippen MR) is 61.7 cm³/mol. The number of aromatic nitrogens is 1. The molecule has 15 heavy (non-hydrogen) atoms. The van der Waals surface area contributed by atoms with Crippen LogP contribution in [-0.2, 0) is 0 Å². The van der Waals surface area contributed by atoms with E-state index in [1.165, 1.54) is 6.07 Å². The number of pyridine rings is 1. The average molecular weight is 267 g/mol. The summed E-state index contributed by atoms with van der Waals surface area (Å²) in [6, 6.07) is 8.19. The van der Waals surface area contributed by atoms with Crippen molar-refractivity contribution in [2.24, 2.45) is 0 Å². The minimum absolute atomic E-state index is 0.274. The van der Waals surface area contributed by atoms with Gasteiger partial charge in [0.2, 0.25) is 0 Å². The molecule has 0 aliphatic heterocycles. The molecule has 2 rings (SSSR count). The number of benzene rings is 1. The molecule has 0 unspecified atom stereocenters. The molecule has 0 atom stereocenters. The lowest BCUT2D eigenvalue weighted by atomic mass is 10.1. The fraction of sp³-hybridized carbons (Fsp3) is 0. The molecular weight excluding hydrogens is 259 g/mol. The summed E-state index contributed by atoms with van der Waals surface area (Å²) in [7, 11) is 0. The Morgan fingerprint density at radius 3 is 2.67 bits per heavy atom. The Hall–Kier alpha value is -1.42. The zero-order chi connectivity index (χ0) is 10.8. The van der Waals surface area contributed by atoms with Crippen LogP contribution in [0.1, 0.15) is 0 Å². The van der Waals surface area contributed by atoms with Crippen molar-refractivity contribution in [3.05, 3.63) is 46.8 Å². The van der Waals surface area contributed by atoms with Crippen LogP contribution in [0.25, 0.3) is 11.1 Å². The summed E-state index contributed by atoms with van der Waals surface area (Å²) in [4.78, 5) is 3.90. The minimum atomic E-state index is -0.274. The van der Waals surface area contributed by atoms with E-state index in [1.807, 2.05) is 0 Å². The predicted octanol–water partition coefficient (Wildman–Crippen LogP) is 3.23. The molecule has 0 spiro atoms. The first-order valence-electron chi connectivity index (χ1n) is 4.34. The van der Waals surface area contributed by atoms with E-state index in [1.54, 1.807) is 30.5 Å². The van der Waals surface area contributed by atoms with Gasteiger partial charge in [0, 0.05) is 21.8 Å². The highest BCUT2D eigenvalue weighted by atomic mass is 79.9. The monoisotopic (exact) mass is 266 g/mol. The van der Waals surface area contributed by atoms with Gasteiger partial charge >= 0.3 is 0 Å². The molecule has 4 heteroatoms. The number of hydrogen-bond acceptors (Lipinski definition) is 2. The molecule has 0 saturated heterocycles. The van der Waals surface area contributed by atoms with Gasteiger partial charge in [-0.15, -0.1) is 0 Å². The molecule has 2 aromatic rings. The minimum Gasteiger partial charge on any atom is -0.384 e. The summed E-state index contributed by atoms with van der Waals surface area (Å²) in [6.07, 6.45) is 1.57. The first-order valence-corrected chi connectivity index (χ1v) is 5.13. The summed E-state index contributed by atoms with van der Waals surface area (Å²) in [6.45, 7) is 0. The Kier molecular flexibility index (Phi) is 2.68. The second kappa shape index (κ2) is 3.98. The number of halogens is 2. The number of anilines is 1. The van der Waals surface area contributed by atoms with Gasteiger partial charge in [0.25, 0.3) is 0 Å². The molecule has 2 nitrogen and oxygen atoms in total. The molecule has 76 valence electrons. The van der Waals surface area contributed by atoms with Crippen molar-refractivity contribution in [2.75, 3.05) is 5.73 Å². The number of nitrogens with zero attached hydrogens (tertiary/aromatic N) is 1. The van der Waals surface area contributed by atoms with E-state index in [4.69, 9.17) is 5.73 Å². The topological polar surface area (TPSA) is 38.9 Å². The number of nitrogen functional groups attached to an aromatic ring is 1. The van der Waals surface area contributed by atoms with Crippen LogP contribution in [-0.4, -0.2) is 4.98 Å². The quantitative estimate of drug-likeness (QED) is 0.861. The van der Waals surface area contributed by atoms with Gasteiger partial charge in [-0.2, -0.15) is 0 Å². The van der Waals surface area contributed by atoms with Crippen LogP contribution >= 0.6 is 15.9 Å². The third-order valence-electron chi connectivity index (χ3n) is 2.04. The van der Waals surface area contributed by atoms with Crippen LogP contribution in [0.2, 0.25) is 0 Å². The van der Waals surface area contributed by atoms with Crippen molar-refractivity contribution in [3.8, 4) is 11.1 Å². The fourth-order valence-electron chi connectivity index (χ4n) is 1.34. The standard InChI is InChI=1S/C11H8BrFN2/c12-9-6-15-11(14)5-8(9)7-3-1-2-4-10(7)13/h1-6H,(H2,14,15). The molecule has 0 fully saturated rings. The van der Waals surface area contributed by atoms with Crippen molar-refractivity contribution >= 4 is 21.7 Å². The van der Waals surface area contributed by atoms with E-state index in [-0.39, 0.29) is 5.82 Å². The molecule has 0 aliphatic rings. The van der Waals surface area contributed by atoms with E-state index in [9.17, 15) is 4.39 Å². The molecule has 1 heterocycles. The summed E-state index contributed by atoms with van der Waals surface area (Å²) >= 11 is 3.32. The van der Waals surface area contributed by atoms with Crippen molar-refractivity contribution in [3.63, 3.8) is 0 Å². The Labute approximate surface area is 95.1 Å². The highest BCUT2D eigenvalue weighted by molar-refractivity contribution is 9.10. The smallest absolute Gasteiger partial charge is 0.131 e. The lowest BCUT2D eigenvalue weighted by Crippen LogP contribution is -1.92. The lowest BCUT2D eigenvalue weighted by molar-refractivity contribution is 0.631. The van der Waals surface area contributed by atoms with Gasteiger partial charge in [-0.1, -0.05) is 18.2 Å². The zero-order valence-corrected chi connectivity index (χ0v) is 9.33. The van der Waals surface area contributed by atoms with Gasteiger partial charge in [-0.05, 0) is 28.1 Å². The number of rotatable bonds is 1. The van der Waals surface area contributed by atoms with E-state index < -0.39 is 0 Å². The SMILES string of the molecule is Nc1cc(-c2ccccc2F)c(Br)cn1. The second-order valence-corrected chi connectivity index (χ2v) is 3.92. The van der Waals surface area contributed by atoms with Gasteiger partial charge < -0.3 is 5.73 Å². The van der Waals surface area contributed by atoms with Crippen molar-refractivity contribution in [1.29, 1.82) is 0 Å². The van der Waals surface area contributed by atoms with Crippen LogP contribution < -0.4 is 5.73 Å². The molecule has 1 aromatic carbocycles. The molecular formula is C11H8BrFN2. The summed E-state index contributed by atoms with van der Waals surface area (Å²) in [5, 5.41) is 0. The molecule has 0 amide bonds. The molecule has 2 N–H and O–H groups in total. The van der Waals surface area contributed by atoms with Gasteiger partial charge in [0.1, 0.15) is 11.6 Å².